The second-order valence-electron chi connectivity index (χ2n) is 7.58. The number of anilines is 2. The molecule has 2 heterocycles. The van der Waals surface area contributed by atoms with Crippen LogP contribution in [0.3, 0.4) is 0 Å². The summed E-state index contributed by atoms with van der Waals surface area (Å²) in [4.78, 5) is 16.6. The fraction of sp³-hybridized carbons (Fsp3) is 0.292. The quantitative estimate of drug-likeness (QED) is 0.607. The van der Waals surface area contributed by atoms with Crippen LogP contribution in [0.4, 0.5) is 16.3 Å². The Morgan fingerprint density at radius 1 is 1.03 bits per heavy atom. The summed E-state index contributed by atoms with van der Waals surface area (Å²) in [5.74, 6) is 1.39. The predicted octanol–water partition coefficient (Wildman–Crippen LogP) is 4.72. The number of hydrogen-bond donors (Lipinski definition) is 1. The number of urea groups is 1. The van der Waals surface area contributed by atoms with E-state index >= 15 is 0 Å². The van der Waals surface area contributed by atoms with E-state index in [0.29, 0.717) is 42.6 Å². The largest absolute Gasteiger partial charge is 0.495 e. The number of methoxy groups -OCH3 is 1. The summed E-state index contributed by atoms with van der Waals surface area (Å²) >= 11 is 6.05. The molecule has 8 heteroatoms. The number of aryl methyl sites for hydroxylation is 1. The van der Waals surface area contributed by atoms with E-state index in [1.807, 2.05) is 12.1 Å². The van der Waals surface area contributed by atoms with Crippen molar-refractivity contribution in [1.29, 1.82) is 0 Å². The van der Waals surface area contributed by atoms with Gasteiger partial charge in [0.2, 0.25) is 0 Å². The molecule has 0 aliphatic carbocycles. The lowest BCUT2D eigenvalue weighted by Crippen LogP contribution is -2.50. The van der Waals surface area contributed by atoms with Crippen molar-refractivity contribution >= 4 is 29.1 Å². The van der Waals surface area contributed by atoms with Gasteiger partial charge in [-0.2, -0.15) is 0 Å². The smallest absolute Gasteiger partial charge is 0.322 e. The zero-order chi connectivity index (χ0) is 22.5. The summed E-state index contributed by atoms with van der Waals surface area (Å²) in [5, 5.41) is 12.3. The third kappa shape index (κ3) is 4.94. The summed E-state index contributed by atoms with van der Waals surface area (Å²) in [7, 11) is 1.56. The number of halogens is 1. The predicted molar refractivity (Wildman–Crippen MR) is 128 cm³/mol. The van der Waals surface area contributed by atoms with Crippen molar-refractivity contribution in [3.63, 3.8) is 0 Å². The molecule has 4 rings (SSSR count). The van der Waals surface area contributed by atoms with Gasteiger partial charge in [-0.1, -0.05) is 42.8 Å². The van der Waals surface area contributed by atoms with Crippen LogP contribution in [0.5, 0.6) is 5.75 Å². The molecule has 1 aliphatic heterocycles. The molecule has 0 saturated carbocycles. The highest BCUT2D eigenvalue weighted by atomic mass is 35.5. The number of benzene rings is 2. The average Bonchev–Trinajstić information content (AvgIpc) is 2.84. The number of piperazine rings is 1. The number of carbonyl (C=O) groups is 1. The van der Waals surface area contributed by atoms with Gasteiger partial charge in [-0.15, -0.1) is 10.2 Å². The van der Waals surface area contributed by atoms with E-state index in [1.54, 1.807) is 30.2 Å². The molecule has 32 heavy (non-hydrogen) atoms. The van der Waals surface area contributed by atoms with Gasteiger partial charge in [0, 0.05) is 36.8 Å². The molecule has 0 unspecified atom stereocenters. The third-order valence-corrected chi connectivity index (χ3v) is 5.84. The van der Waals surface area contributed by atoms with E-state index in [2.05, 4.69) is 51.6 Å². The maximum absolute atomic E-state index is 12.7. The van der Waals surface area contributed by atoms with Crippen LogP contribution < -0.4 is 15.0 Å². The molecule has 1 saturated heterocycles. The number of hydrogen-bond acceptors (Lipinski definition) is 5. The first kappa shape index (κ1) is 21.9. The Morgan fingerprint density at radius 3 is 2.41 bits per heavy atom. The van der Waals surface area contributed by atoms with Crippen molar-refractivity contribution in [3.8, 4) is 17.0 Å². The highest BCUT2D eigenvalue weighted by Crippen LogP contribution is 2.28. The van der Waals surface area contributed by atoms with Gasteiger partial charge in [0.25, 0.3) is 0 Å². The number of amides is 2. The van der Waals surface area contributed by atoms with Gasteiger partial charge in [-0.05, 0) is 42.3 Å². The molecule has 3 aromatic rings. The summed E-state index contributed by atoms with van der Waals surface area (Å²) in [5.41, 5.74) is 3.76. The van der Waals surface area contributed by atoms with Gasteiger partial charge >= 0.3 is 6.03 Å². The van der Waals surface area contributed by atoms with E-state index in [0.717, 1.165) is 23.5 Å². The minimum atomic E-state index is -0.179. The molecule has 1 fully saturated rings. The Balaban J connectivity index is 1.35. The van der Waals surface area contributed by atoms with Crippen molar-refractivity contribution < 1.29 is 9.53 Å². The first-order valence-electron chi connectivity index (χ1n) is 10.6. The van der Waals surface area contributed by atoms with Crippen LogP contribution in [-0.4, -0.2) is 54.4 Å². The Morgan fingerprint density at radius 2 is 1.78 bits per heavy atom. The lowest BCUT2D eigenvalue weighted by atomic mass is 10.1. The van der Waals surface area contributed by atoms with Crippen LogP contribution in [0.15, 0.2) is 54.6 Å². The fourth-order valence-corrected chi connectivity index (χ4v) is 3.84. The maximum atomic E-state index is 12.7. The Bertz CT molecular complexity index is 1060. The molecule has 0 radical (unpaired) electrons. The van der Waals surface area contributed by atoms with Crippen LogP contribution in [0.1, 0.15) is 12.5 Å². The topological polar surface area (TPSA) is 70.6 Å². The van der Waals surface area contributed by atoms with Crippen molar-refractivity contribution in [2.24, 2.45) is 0 Å². The second-order valence-corrected chi connectivity index (χ2v) is 8.01. The molecule has 0 spiro atoms. The van der Waals surface area contributed by atoms with Gasteiger partial charge < -0.3 is 19.9 Å². The number of aromatic nitrogens is 2. The van der Waals surface area contributed by atoms with Gasteiger partial charge in [-0.3, -0.25) is 0 Å². The standard InChI is InChI=1S/C24H26ClN5O2/c1-3-17-4-6-18(7-5-17)20-9-11-23(28-27-20)29-12-14-30(15-13-29)24(31)26-21-16-19(25)8-10-22(21)32-2/h4-11,16H,3,12-15H2,1-2H3,(H,26,31). The minimum Gasteiger partial charge on any atom is -0.495 e. The summed E-state index contributed by atoms with van der Waals surface area (Å²) in [6, 6.07) is 17.3. The van der Waals surface area contributed by atoms with Crippen molar-refractivity contribution in [1.82, 2.24) is 15.1 Å². The molecule has 1 N–H and O–H groups in total. The monoisotopic (exact) mass is 451 g/mol. The Labute approximate surface area is 193 Å². The molecule has 166 valence electrons. The highest BCUT2D eigenvalue weighted by molar-refractivity contribution is 6.31. The van der Waals surface area contributed by atoms with Crippen LogP contribution in [0.25, 0.3) is 11.3 Å². The van der Waals surface area contributed by atoms with E-state index in [-0.39, 0.29) is 6.03 Å². The van der Waals surface area contributed by atoms with Gasteiger partial charge in [0.05, 0.1) is 18.5 Å². The van der Waals surface area contributed by atoms with Gasteiger partial charge in [0.1, 0.15) is 5.75 Å². The fourth-order valence-electron chi connectivity index (χ4n) is 3.67. The van der Waals surface area contributed by atoms with Crippen LogP contribution >= 0.6 is 11.6 Å². The molecule has 0 bridgehead atoms. The second kappa shape index (κ2) is 9.87. The normalized spacial score (nSPS) is 13.7. The SMILES string of the molecule is CCc1ccc(-c2ccc(N3CCN(C(=O)Nc4cc(Cl)ccc4OC)CC3)nn2)cc1. The van der Waals surface area contributed by atoms with Crippen LogP contribution in [-0.2, 0) is 6.42 Å². The van der Waals surface area contributed by atoms with Crippen molar-refractivity contribution in [2.75, 3.05) is 43.5 Å². The third-order valence-electron chi connectivity index (χ3n) is 5.60. The van der Waals surface area contributed by atoms with Crippen molar-refractivity contribution in [3.05, 3.63) is 65.2 Å². The molecule has 0 atom stereocenters. The minimum absolute atomic E-state index is 0.179. The molecular weight excluding hydrogens is 426 g/mol. The van der Waals surface area contributed by atoms with Crippen LogP contribution in [0, 0.1) is 0 Å². The molecule has 2 aromatic carbocycles. The van der Waals surface area contributed by atoms with Crippen molar-refractivity contribution in [2.45, 2.75) is 13.3 Å². The maximum Gasteiger partial charge on any atom is 0.322 e. The van der Waals surface area contributed by atoms with E-state index in [4.69, 9.17) is 16.3 Å². The molecule has 1 aromatic heterocycles. The first-order valence-corrected chi connectivity index (χ1v) is 11.0. The number of nitrogens with zero attached hydrogens (tertiary/aromatic N) is 4. The summed E-state index contributed by atoms with van der Waals surface area (Å²) < 4.78 is 5.30. The molecule has 7 nitrogen and oxygen atoms in total. The lowest BCUT2D eigenvalue weighted by molar-refractivity contribution is 0.208. The zero-order valence-electron chi connectivity index (χ0n) is 18.2. The average molecular weight is 452 g/mol. The van der Waals surface area contributed by atoms with Crippen LogP contribution in [0.2, 0.25) is 5.02 Å². The Hall–Kier alpha value is -3.32. The zero-order valence-corrected chi connectivity index (χ0v) is 19.0. The number of carbonyl (C=O) groups excluding carboxylic acids is 1. The van der Waals surface area contributed by atoms with E-state index in [9.17, 15) is 4.79 Å². The first-order chi connectivity index (χ1) is 15.6. The number of nitrogens with one attached hydrogen (secondary N) is 1. The van der Waals surface area contributed by atoms with Gasteiger partial charge in [0.15, 0.2) is 5.82 Å². The lowest BCUT2D eigenvalue weighted by Gasteiger charge is -2.35. The molecular formula is C24H26ClN5O2. The molecule has 2 amide bonds. The summed E-state index contributed by atoms with van der Waals surface area (Å²) in [6.45, 7) is 4.66. The summed E-state index contributed by atoms with van der Waals surface area (Å²) in [6.07, 6.45) is 1.02. The van der Waals surface area contributed by atoms with E-state index in [1.165, 1.54) is 5.56 Å². The number of rotatable bonds is 5. The van der Waals surface area contributed by atoms with E-state index < -0.39 is 0 Å². The number of ether oxygens (including phenoxy) is 1. The van der Waals surface area contributed by atoms with Gasteiger partial charge in [-0.25, -0.2) is 4.79 Å². The highest BCUT2D eigenvalue weighted by Gasteiger charge is 2.23. The molecule has 1 aliphatic rings. The Kier molecular flexibility index (Phi) is 6.75.